The van der Waals surface area contributed by atoms with Gasteiger partial charge in [0.2, 0.25) is 0 Å². The second kappa shape index (κ2) is 5.91. The molecule has 19 heavy (non-hydrogen) atoms. The largest absolute Gasteiger partial charge is 0.386 e. The zero-order valence-corrected chi connectivity index (χ0v) is 10.5. The molecule has 2 amide bonds. The number of rotatable bonds is 3. The number of benzene rings is 2. The summed E-state index contributed by atoms with van der Waals surface area (Å²) in [7, 11) is 0. The molecular weight excluding hydrogens is 238 g/mol. The van der Waals surface area contributed by atoms with E-state index in [1.54, 1.807) is 30.3 Å². The Hall–Kier alpha value is -2.49. The summed E-state index contributed by atoms with van der Waals surface area (Å²) in [4.78, 5) is 12.0. The van der Waals surface area contributed by atoms with E-state index in [-0.39, 0.29) is 0 Å². The molecule has 4 heteroatoms. The summed E-state index contributed by atoms with van der Waals surface area (Å²) in [5, 5.41) is 7.73. The van der Waals surface area contributed by atoms with Crippen LogP contribution >= 0.6 is 0 Å². The highest BCUT2D eigenvalue weighted by molar-refractivity contribution is 6.01. The van der Waals surface area contributed by atoms with Crippen molar-refractivity contribution in [1.29, 1.82) is 0 Å². The van der Waals surface area contributed by atoms with Crippen LogP contribution in [0, 0.1) is 6.92 Å². The minimum Gasteiger partial charge on any atom is -0.386 e. The fraction of sp³-hybridized carbons (Fsp3) is 0.133. The fourth-order valence-electron chi connectivity index (χ4n) is 1.71. The molecule has 0 saturated heterocycles. The molecule has 0 aliphatic rings. The van der Waals surface area contributed by atoms with Crippen molar-refractivity contribution < 1.29 is 8.91 Å². The number of carbonyl (C=O) groups is 1. The number of amides is 2. The monoisotopic (exact) mass is 258 g/mol. The third-order valence-electron chi connectivity index (χ3n) is 2.59. The Bertz CT molecular complexity index is 671. The maximum Gasteiger partial charge on any atom is 0.323 e. The fourth-order valence-corrected chi connectivity index (χ4v) is 1.71. The molecule has 0 spiro atoms. The van der Waals surface area contributed by atoms with Crippen molar-refractivity contribution in [1.82, 2.24) is 0 Å². The van der Waals surface area contributed by atoms with Crippen molar-refractivity contribution in [3.63, 3.8) is 0 Å². The van der Waals surface area contributed by atoms with E-state index in [9.17, 15) is 4.79 Å². The third-order valence-corrected chi connectivity index (χ3v) is 2.59. The van der Waals surface area contributed by atoms with E-state index in [0.29, 0.717) is 17.1 Å². The molecule has 0 radical (unpaired) electrons. The highest BCUT2D eigenvalue weighted by atomic mass is 16.2. The Morgan fingerprint density at radius 3 is 2.58 bits per heavy atom. The summed E-state index contributed by atoms with van der Waals surface area (Å²) < 4.78 is 21.7. The van der Waals surface area contributed by atoms with Gasteiger partial charge in [0.25, 0.3) is 0 Å². The number of carbonyl (C=O) groups excluding carboxylic acids is 1. The third kappa shape index (κ3) is 3.48. The van der Waals surface area contributed by atoms with Crippen LogP contribution in [0.1, 0.15) is 9.68 Å². The molecule has 0 aliphatic carbocycles. The number of hydrogen-bond acceptors (Lipinski definition) is 2. The number of para-hydroxylation sites is 2. The standard InChI is InChI=1S/C15H17N3O/c1-11-6-5-7-12(10-11)17-15(19)18-14-9-4-3-8-13(14)16-2/h3-10,16H,1-2H3,(H2,17,18,19)/i2D3. The lowest BCUT2D eigenvalue weighted by Gasteiger charge is -2.11. The maximum absolute atomic E-state index is 12.0. The average Bonchev–Trinajstić information content (AvgIpc) is 2.39. The van der Waals surface area contributed by atoms with Gasteiger partial charge in [0.05, 0.1) is 11.4 Å². The Kier molecular flexibility index (Phi) is 2.94. The minimum atomic E-state index is -2.33. The van der Waals surface area contributed by atoms with Gasteiger partial charge in [-0.1, -0.05) is 24.3 Å². The SMILES string of the molecule is [2H]C([2H])([2H])Nc1ccccc1NC(=O)Nc1cccc(C)c1. The van der Waals surface area contributed by atoms with Crippen LogP contribution in [0.5, 0.6) is 0 Å². The zero-order chi connectivity index (χ0) is 16.2. The van der Waals surface area contributed by atoms with Crippen LogP contribution in [-0.4, -0.2) is 13.0 Å². The summed E-state index contributed by atoms with van der Waals surface area (Å²) in [6.45, 7) is -0.399. The first kappa shape index (κ1) is 9.44. The van der Waals surface area contributed by atoms with Crippen molar-refractivity contribution >= 4 is 23.1 Å². The lowest BCUT2D eigenvalue weighted by Crippen LogP contribution is -2.20. The van der Waals surface area contributed by atoms with Crippen molar-refractivity contribution in [3.8, 4) is 0 Å². The number of aryl methyl sites for hydroxylation is 1. The molecule has 0 aliphatic heterocycles. The minimum absolute atomic E-state index is 0.335. The van der Waals surface area contributed by atoms with Crippen molar-refractivity contribution in [2.75, 3.05) is 22.9 Å². The molecule has 0 unspecified atom stereocenters. The molecule has 0 atom stereocenters. The average molecular weight is 258 g/mol. The first-order chi connectivity index (χ1) is 10.3. The molecule has 4 nitrogen and oxygen atoms in total. The van der Waals surface area contributed by atoms with Gasteiger partial charge in [-0.25, -0.2) is 4.79 Å². The molecule has 0 heterocycles. The summed E-state index contributed by atoms with van der Waals surface area (Å²) in [6, 6.07) is 13.6. The van der Waals surface area contributed by atoms with Gasteiger partial charge in [-0.05, 0) is 36.8 Å². The highest BCUT2D eigenvalue weighted by Gasteiger charge is 2.05. The first-order valence-electron chi connectivity index (χ1n) is 7.35. The highest BCUT2D eigenvalue weighted by Crippen LogP contribution is 2.20. The second-order valence-electron chi connectivity index (χ2n) is 4.12. The topological polar surface area (TPSA) is 53.2 Å². The lowest BCUT2D eigenvalue weighted by molar-refractivity contribution is 0.262. The van der Waals surface area contributed by atoms with Gasteiger partial charge in [-0.15, -0.1) is 0 Å². The second-order valence-corrected chi connectivity index (χ2v) is 4.12. The van der Waals surface area contributed by atoms with E-state index in [1.165, 1.54) is 0 Å². The maximum atomic E-state index is 12.0. The quantitative estimate of drug-likeness (QED) is 0.786. The van der Waals surface area contributed by atoms with E-state index in [1.807, 2.05) is 25.1 Å². The van der Waals surface area contributed by atoms with Gasteiger partial charge < -0.3 is 16.0 Å². The molecule has 98 valence electrons. The normalized spacial score (nSPS) is 12.8. The smallest absolute Gasteiger partial charge is 0.323 e. The number of nitrogens with one attached hydrogen (secondary N) is 3. The van der Waals surface area contributed by atoms with Crippen LogP contribution in [0.3, 0.4) is 0 Å². The van der Waals surface area contributed by atoms with E-state index < -0.39 is 13.0 Å². The molecule has 2 rings (SSSR count). The molecule has 0 saturated carbocycles. The van der Waals surface area contributed by atoms with Crippen molar-refractivity contribution in [2.45, 2.75) is 6.92 Å². The molecule has 0 bridgehead atoms. The van der Waals surface area contributed by atoms with Gasteiger partial charge in [-0.2, -0.15) is 0 Å². The molecule has 3 N–H and O–H groups in total. The van der Waals surface area contributed by atoms with Gasteiger partial charge in [0.15, 0.2) is 0 Å². The summed E-state index contributed by atoms with van der Waals surface area (Å²) in [5.41, 5.74) is 2.42. The summed E-state index contributed by atoms with van der Waals surface area (Å²) in [6.07, 6.45) is 0. The predicted molar refractivity (Wildman–Crippen MR) is 79.8 cm³/mol. The Balaban J connectivity index is 2.08. The van der Waals surface area contributed by atoms with Gasteiger partial charge in [0, 0.05) is 16.8 Å². The van der Waals surface area contributed by atoms with E-state index in [4.69, 9.17) is 4.11 Å². The molecule has 2 aromatic rings. The molecule has 0 fully saturated rings. The molecule has 0 aromatic heterocycles. The van der Waals surface area contributed by atoms with Gasteiger partial charge in [-0.3, -0.25) is 0 Å². The van der Waals surface area contributed by atoms with E-state index in [0.717, 1.165) is 5.56 Å². The van der Waals surface area contributed by atoms with Crippen LogP contribution in [0.25, 0.3) is 0 Å². The predicted octanol–water partition coefficient (Wildman–Crippen LogP) is 3.68. The lowest BCUT2D eigenvalue weighted by atomic mass is 10.2. The van der Waals surface area contributed by atoms with Gasteiger partial charge in [0.1, 0.15) is 0 Å². The van der Waals surface area contributed by atoms with Crippen LogP contribution < -0.4 is 16.0 Å². The molecule has 2 aromatic carbocycles. The number of urea groups is 1. The number of hydrogen-bond donors (Lipinski definition) is 3. The van der Waals surface area contributed by atoms with Crippen LogP contribution in [-0.2, 0) is 0 Å². The Morgan fingerprint density at radius 1 is 1.05 bits per heavy atom. The van der Waals surface area contributed by atoms with Crippen molar-refractivity contribution in [3.05, 3.63) is 54.1 Å². The van der Waals surface area contributed by atoms with E-state index in [2.05, 4.69) is 16.0 Å². The summed E-state index contributed by atoms with van der Waals surface area (Å²) in [5.74, 6) is 0. The van der Waals surface area contributed by atoms with E-state index >= 15 is 0 Å². The Morgan fingerprint density at radius 2 is 1.84 bits per heavy atom. The van der Waals surface area contributed by atoms with Crippen LogP contribution in [0.2, 0.25) is 0 Å². The zero-order valence-electron chi connectivity index (χ0n) is 13.5. The van der Waals surface area contributed by atoms with Gasteiger partial charge >= 0.3 is 6.03 Å². The van der Waals surface area contributed by atoms with Crippen LogP contribution in [0.4, 0.5) is 21.9 Å². The molecular formula is C15H17N3O. The van der Waals surface area contributed by atoms with Crippen molar-refractivity contribution in [2.24, 2.45) is 0 Å². The van der Waals surface area contributed by atoms with Crippen LogP contribution in [0.15, 0.2) is 48.5 Å². The first-order valence-corrected chi connectivity index (χ1v) is 5.85. The summed E-state index contributed by atoms with van der Waals surface area (Å²) >= 11 is 0. The number of anilines is 3. The Labute approximate surface area is 117 Å².